The van der Waals surface area contributed by atoms with Crippen LogP contribution in [0.4, 0.5) is 4.79 Å². The van der Waals surface area contributed by atoms with E-state index in [2.05, 4.69) is 23.6 Å². The summed E-state index contributed by atoms with van der Waals surface area (Å²) in [6, 6.07) is 3.87. The van der Waals surface area contributed by atoms with Crippen LogP contribution in [0.25, 0.3) is 0 Å². The van der Waals surface area contributed by atoms with E-state index in [4.69, 9.17) is 0 Å². The number of hydrogen-bond donors (Lipinski definition) is 3. The summed E-state index contributed by atoms with van der Waals surface area (Å²) in [6.45, 7) is 6.81. The minimum atomic E-state index is -0.795. The predicted molar refractivity (Wildman–Crippen MR) is 79.7 cm³/mol. The van der Waals surface area contributed by atoms with Crippen molar-refractivity contribution in [1.29, 1.82) is 0 Å². The highest BCUT2D eigenvalue weighted by Crippen LogP contribution is 2.19. The second kappa shape index (κ2) is 7.50. The number of amides is 2. The molecule has 0 saturated heterocycles. The molecule has 0 aliphatic carbocycles. The van der Waals surface area contributed by atoms with Crippen molar-refractivity contribution < 1.29 is 9.90 Å². The van der Waals surface area contributed by atoms with Crippen molar-refractivity contribution in [2.24, 2.45) is 0 Å². The summed E-state index contributed by atoms with van der Waals surface area (Å²) in [6.07, 6.45) is 1.27. The van der Waals surface area contributed by atoms with Crippen LogP contribution in [-0.2, 0) is 0 Å². The zero-order chi connectivity index (χ0) is 14.3. The fraction of sp³-hybridized carbons (Fsp3) is 0.643. The van der Waals surface area contributed by atoms with Gasteiger partial charge in [-0.1, -0.05) is 26.8 Å². The number of thiophene rings is 1. The Labute approximate surface area is 119 Å². The molecule has 2 amide bonds. The van der Waals surface area contributed by atoms with Crippen molar-refractivity contribution in [3.63, 3.8) is 0 Å². The zero-order valence-electron chi connectivity index (χ0n) is 11.9. The smallest absolute Gasteiger partial charge is 0.314 e. The lowest BCUT2D eigenvalue weighted by molar-refractivity contribution is 0.0349. The Morgan fingerprint density at radius 2 is 2.11 bits per heavy atom. The lowest BCUT2D eigenvalue weighted by Crippen LogP contribution is -2.46. The average molecular weight is 284 g/mol. The summed E-state index contributed by atoms with van der Waals surface area (Å²) in [5.41, 5.74) is -0.795. The van der Waals surface area contributed by atoms with Gasteiger partial charge in [0.25, 0.3) is 0 Å². The molecule has 3 N–H and O–H groups in total. The maximum absolute atomic E-state index is 11.7. The molecule has 0 fully saturated rings. The number of carbonyl (C=O) groups excluding carboxylic acids is 1. The van der Waals surface area contributed by atoms with E-state index in [-0.39, 0.29) is 6.03 Å². The third-order valence-corrected chi connectivity index (χ3v) is 4.60. The van der Waals surface area contributed by atoms with Gasteiger partial charge in [0.2, 0.25) is 0 Å². The molecule has 1 aromatic rings. The van der Waals surface area contributed by atoms with E-state index in [1.54, 1.807) is 11.3 Å². The molecule has 0 bridgehead atoms. The minimum absolute atomic E-state index is 0.219. The molecule has 0 aromatic carbocycles. The molecule has 1 aromatic heterocycles. The van der Waals surface area contributed by atoms with E-state index < -0.39 is 5.60 Å². The fourth-order valence-electron chi connectivity index (χ4n) is 1.73. The van der Waals surface area contributed by atoms with Gasteiger partial charge in [0.15, 0.2) is 0 Å². The Morgan fingerprint density at radius 1 is 1.42 bits per heavy atom. The standard InChI is InChI=1S/C14H24N2O2S/c1-4-14(18,5-2)10-16-13(17)15-9-11(3)12-7-6-8-19-12/h6-8,11,18H,4-5,9-10H2,1-3H3,(H2,15,16,17). The molecule has 108 valence electrons. The maximum atomic E-state index is 11.7. The van der Waals surface area contributed by atoms with Crippen LogP contribution < -0.4 is 10.6 Å². The highest BCUT2D eigenvalue weighted by atomic mass is 32.1. The number of nitrogens with one attached hydrogen (secondary N) is 2. The van der Waals surface area contributed by atoms with Gasteiger partial charge in [-0.05, 0) is 24.3 Å². The van der Waals surface area contributed by atoms with E-state index >= 15 is 0 Å². The van der Waals surface area contributed by atoms with Gasteiger partial charge in [-0.2, -0.15) is 0 Å². The Bertz CT molecular complexity index is 375. The van der Waals surface area contributed by atoms with Crippen molar-refractivity contribution in [1.82, 2.24) is 10.6 Å². The zero-order valence-corrected chi connectivity index (χ0v) is 12.7. The number of rotatable bonds is 7. The van der Waals surface area contributed by atoms with Crippen molar-refractivity contribution in [3.05, 3.63) is 22.4 Å². The van der Waals surface area contributed by atoms with E-state index in [1.165, 1.54) is 4.88 Å². The first-order valence-corrected chi connectivity index (χ1v) is 7.66. The topological polar surface area (TPSA) is 61.4 Å². The van der Waals surface area contributed by atoms with Crippen molar-refractivity contribution in [2.45, 2.75) is 45.1 Å². The van der Waals surface area contributed by atoms with Crippen LogP contribution in [0.5, 0.6) is 0 Å². The summed E-state index contributed by atoms with van der Waals surface area (Å²) in [4.78, 5) is 12.9. The van der Waals surface area contributed by atoms with Gasteiger partial charge in [-0.3, -0.25) is 0 Å². The van der Waals surface area contributed by atoms with E-state index in [0.29, 0.717) is 31.8 Å². The van der Waals surface area contributed by atoms with Gasteiger partial charge in [0.1, 0.15) is 0 Å². The molecule has 4 nitrogen and oxygen atoms in total. The summed E-state index contributed by atoms with van der Waals surface area (Å²) in [7, 11) is 0. The number of urea groups is 1. The van der Waals surface area contributed by atoms with Gasteiger partial charge < -0.3 is 15.7 Å². The SMILES string of the molecule is CCC(O)(CC)CNC(=O)NCC(C)c1cccs1. The van der Waals surface area contributed by atoms with Crippen molar-refractivity contribution in [2.75, 3.05) is 13.1 Å². The molecule has 1 unspecified atom stereocenters. The van der Waals surface area contributed by atoms with Crippen LogP contribution in [0.15, 0.2) is 17.5 Å². The lowest BCUT2D eigenvalue weighted by atomic mass is 9.98. The summed E-state index contributed by atoms with van der Waals surface area (Å²) in [5, 5.41) is 17.7. The highest BCUT2D eigenvalue weighted by Gasteiger charge is 2.22. The van der Waals surface area contributed by atoms with Gasteiger partial charge in [-0.15, -0.1) is 11.3 Å². The quantitative estimate of drug-likeness (QED) is 0.721. The second-order valence-corrected chi connectivity index (χ2v) is 5.89. The average Bonchev–Trinajstić information content (AvgIpc) is 2.96. The van der Waals surface area contributed by atoms with Crippen molar-refractivity contribution in [3.8, 4) is 0 Å². The van der Waals surface area contributed by atoms with Crippen LogP contribution >= 0.6 is 11.3 Å². The number of carbonyl (C=O) groups is 1. The van der Waals surface area contributed by atoms with Crippen LogP contribution in [0.2, 0.25) is 0 Å². The molecule has 1 heterocycles. The number of hydrogen-bond acceptors (Lipinski definition) is 3. The molecular weight excluding hydrogens is 260 g/mol. The first kappa shape index (κ1) is 16.0. The van der Waals surface area contributed by atoms with E-state index in [9.17, 15) is 9.90 Å². The molecule has 19 heavy (non-hydrogen) atoms. The normalized spacial score (nSPS) is 13.1. The molecule has 0 aliphatic rings. The largest absolute Gasteiger partial charge is 0.388 e. The molecule has 0 radical (unpaired) electrons. The Kier molecular flexibility index (Phi) is 6.31. The molecule has 0 spiro atoms. The fourth-order valence-corrected chi connectivity index (χ4v) is 2.51. The lowest BCUT2D eigenvalue weighted by Gasteiger charge is -2.25. The molecule has 1 atom stereocenters. The Morgan fingerprint density at radius 3 is 2.63 bits per heavy atom. The third kappa shape index (κ3) is 5.20. The summed E-state index contributed by atoms with van der Waals surface area (Å²) >= 11 is 1.70. The summed E-state index contributed by atoms with van der Waals surface area (Å²) < 4.78 is 0. The van der Waals surface area contributed by atoms with E-state index in [1.807, 2.05) is 25.3 Å². The van der Waals surface area contributed by atoms with Gasteiger partial charge in [0, 0.05) is 23.9 Å². The first-order chi connectivity index (χ1) is 9.00. The van der Waals surface area contributed by atoms with Gasteiger partial charge in [-0.25, -0.2) is 4.79 Å². The van der Waals surface area contributed by atoms with Crippen LogP contribution in [0.3, 0.4) is 0 Å². The molecule has 0 saturated carbocycles. The first-order valence-electron chi connectivity index (χ1n) is 6.78. The molecular formula is C14H24N2O2S. The summed E-state index contributed by atoms with van der Waals surface area (Å²) in [5.74, 6) is 0.307. The van der Waals surface area contributed by atoms with Crippen molar-refractivity contribution >= 4 is 17.4 Å². The monoisotopic (exact) mass is 284 g/mol. The molecule has 1 rings (SSSR count). The molecule has 0 aliphatic heterocycles. The van der Waals surface area contributed by atoms with E-state index in [0.717, 1.165) is 0 Å². The van der Waals surface area contributed by atoms with Gasteiger partial charge >= 0.3 is 6.03 Å². The highest BCUT2D eigenvalue weighted by molar-refractivity contribution is 7.10. The predicted octanol–water partition coefficient (Wildman–Crippen LogP) is 2.70. The van der Waals surface area contributed by atoms with Crippen LogP contribution in [-0.4, -0.2) is 29.8 Å². The Hall–Kier alpha value is -1.07. The van der Waals surface area contributed by atoms with Gasteiger partial charge in [0.05, 0.1) is 5.60 Å². The third-order valence-electron chi connectivity index (χ3n) is 3.49. The van der Waals surface area contributed by atoms with Crippen LogP contribution in [0.1, 0.15) is 44.4 Å². The number of aliphatic hydroxyl groups is 1. The molecule has 5 heteroatoms. The maximum Gasteiger partial charge on any atom is 0.314 e. The minimum Gasteiger partial charge on any atom is -0.388 e. The van der Waals surface area contributed by atoms with Crippen LogP contribution in [0, 0.1) is 0 Å². The second-order valence-electron chi connectivity index (χ2n) is 4.91. The Balaban J connectivity index is 2.28.